The van der Waals surface area contributed by atoms with Gasteiger partial charge in [-0.15, -0.1) is 0 Å². The van der Waals surface area contributed by atoms with E-state index in [1.54, 1.807) is 13.3 Å². The van der Waals surface area contributed by atoms with Crippen LogP contribution in [-0.2, 0) is 6.42 Å². The predicted molar refractivity (Wildman–Crippen MR) is 86.4 cm³/mol. The van der Waals surface area contributed by atoms with Gasteiger partial charge in [0.2, 0.25) is 5.95 Å². The van der Waals surface area contributed by atoms with Crippen LogP contribution in [-0.4, -0.2) is 30.2 Å². The number of anilines is 2. The van der Waals surface area contributed by atoms with Crippen LogP contribution in [0.15, 0.2) is 30.5 Å². The molecule has 112 valence electrons. The monoisotopic (exact) mass is 306 g/mol. The summed E-state index contributed by atoms with van der Waals surface area (Å²) in [4.78, 5) is 8.44. The minimum Gasteiger partial charge on any atom is -0.497 e. The Labute approximate surface area is 129 Å². The number of rotatable bonds is 7. The molecule has 0 fully saturated rings. The molecule has 0 amide bonds. The average Bonchev–Trinajstić information content (AvgIpc) is 2.51. The Hall–Kier alpha value is -2.01. The Balaban J connectivity index is 1.94. The summed E-state index contributed by atoms with van der Waals surface area (Å²) in [5.74, 6) is 2.08. The number of ether oxygens (including phenoxy) is 1. The first-order valence-electron chi connectivity index (χ1n) is 6.86. The maximum Gasteiger partial charge on any atom is 0.224 e. The number of nitrogens with zero attached hydrogens (tertiary/aromatic N) is 2. The molecule has 21 heavy (non-hydrogen) atoms. The third kappa shape index (κ3) is 4.49. The van der Waals surface area contributed by atoms with Crippen LogP contribution in [0.4, 0.5) is 11.8 Å². The van der Waals surface area contributed by atoms with Crippen molar-refractivity contribution in [2.24, 2.45) is 0 Å². The average molecular weight is 307 g/mol. The van der Waals surface area contributed by atoms with Crippen molar-refractivity contribution in [2.75, 3.05) is 30.8 Å². The van der Waals surface area contributed by atoms with E-state index in [-0.39, 0.29) is 0 Å². The Bertz CT molecular complexity index is 592. The molecule has 0 unspecified atom stereocenters. The van der Waals surface area contributed by atoms with Gasteiger partial charge in [0.25, 0.3) is 0 Å². The minimum absolute atomic E-state index is 0.516. The molecule has 0 saturated heterocycles. The molecule has 0 bridgehead atoms. The highest BCUT2D eigenvalue weighted by Crippen LogP contribution is 2.19. The highest BCUT2D eigenvalue weighted by molar-refractivity contribution is 6.32. The molecule has 1 heterocycles. The van der Waals surface area contributed by atoms with Crippen molar-refractivity contribution >= 4 is 23.4 Å². The van der Waals surface area contributed by atoms with Crippen LogP contribution in [0.5, 0.6) is 5.75 Å². The zero-order chi connectivity index (χ0) is 15.1. The standard InChI is InChI=1S/C15H19ClN4O/c1-3-17-15-19-10-13(16)14(20-15)18-8-7-11-5-4-6-12(9-11)21-2/h4-6,9-10H,3,7-8H2,1-2H3,(H2,17,18,19,20). The predicted octanol–water partition coefficient (Wildman–Crippen LogP) is 3.23. The van der Waals surface area contributed by atoms with E-state index in [0.29, 0.717) is 16.8 Å². The van der Waals surface area contributed by atoms with Crippen LogP contribution >= 0.6 is 11.6 Å². The van der Waals surface area contributed by atoms with Gasteiger partial charge in [-0.05, 0) is 31.0 Å². The summed E-state index contributed by atoms with van der Waals surface area (Å²) in [5.41, 5.74) is 1.19. The summed E-state index contributed by atoms with van der Waals surface area (Å²) in [6.45, 7) is 3.49. The first kappa shape index (κ1) is 15.4. The number of benzene rings is 1. The van der Waals surface area contributed by atoms with Crippen molar-refractivity contribution < 1.29 is 4.74 Å². The molecule has 0 aliphatic heterocycles. The molecule has 1 aromatic heterocycles. The molecule has 2 rings (SSSR count). The molecule has 0 radical (unpaired) electrons. The van der Waals surface area contributed by atoms with Crippen molar-refractivity contribution in [3.8, 4) is 5.75 Å². The molecular weight excluding hydrogens is 288 g/mol. The topological polar surface area (TPSA) is 59.1 Å². The van der Waals surface area contributed by atoms with E-state index in [1.807, 2.05) is 25.1 Å². The maximum atomic E-state index is 6.09. The first-order chi connectivity index (χ1) is 10.2. The molecule has 2 N–H and O–H groups in total. The van der Waals surface area contributed by atoms with Crippen molar-refractivity contribution in [2.45, 2.75) is 13.3 Å². The van der Waals surface area contributed by atoms with Crippen LogP contribution < -0.4 is 15.4 Å². The van der Waals surface area contributed by atoms with Crippen molar-refractivity contribution in [1.82, 2.24) is 9.97 Å². The highest BCUT2D eigenvalue weighted by Gasteiger charge is 2.04. The largest absolute Gasteiger partial charge is 0.497 e. The quantitative estimate of drug-likeness (QED) is 0.822. The second kappa shape index (κ2) is 7.69. The number of hydrogen-bond acceptors (Lipinski definition) is 5. The Kier molecular flexibility index (Phi) is 5.63. The molecule has 0 spiro atoms. The lowest BCUT2D eigenvalue weighted by Crippen LogP contribution is -2.09. The third-order valence-corrected chi connectivity index (χ3v) is 3.20. The number of aromatic nitrogens is 2. The summed E-state index contributed by atoms with van der Waals surface area (Å²) < 4.78 is 5.21. The Morgan fingerprint density at radius 2 is 2.14 bits per heavy atom. The molecule has 0 atom stereocenters. The van der Waals surface area contributed by atoms with E-state index >= 15 is 0 Å². The fourth-order valence-electron chi connectivity index (χ4n) is 1.89. The van der Waals surface area contributed by atoms with Gasteiger partial charge in [-0.25, -0.2) is 4.98 Å². The van der Waals surface area contributed by atoms with Crippen LogP contribution in [0.25, 0.3) is 0 Å². The van der Waals surface area contributed by atoms with Crippen LogP contribution in [0.3, 0.4) is 0 Å². The molecule has 5 nitrogen and oxygen atoms in total. The smallest absolute Gasteiger partial charge is 0.224 e. The van der Waals surface area contributed by atoms with Crippen molar-refractivity contribution in [3.05, 3.63) is 41.0 Å². The van der Waals surface area contributed by atoms with Crippen LogP contribution in [0, 0.1) is 0 Å². The van der Waals surface area contributed by atoms with E-state index in [4.69, 9.17) is 16.3 Å². The molecule has 0 saturated carbocycles. The fraction of sp³-hybridized carbons (Fsp3) is 0.333. The van der Waals surface area contributed by atoms with Gasteiger partial charge < -0.3 is 15.4 Å². The SMILES string of the molecule is CCNc1ncc(Cl)c(NCCc2cccc(OC)c2)n1. The van der Waals surface area contributed by atoms with E-state index in [1.165, 1.54) is 5.56 Å². The zero-order valence-corrected chi connectivity index (χ0v) is 12.9. The zero-order valence-electron chi connectivity index (χ0n) is 12.2. The number of methoxy groups -OCH3 is 1. The lowest BCUT2D eigenvalue weighted by molar-refractivity contribution is 0.414. The first-order valence-corrected chi connectivity index (χ1v) is 7.24. The minimum atomic E-state index is 0.516. The normalized spacial score (nSPS) is 10.2. The van der Waals surface area contributed by atoms with Crippen molar-refractivity contribution in [1.29, 1.82) is 0 Å². The molecule has 0 aliphatic rings. The molecule has 1 aromatic carbocycles. The van der Waals surface area contributed by atoms with Gasteiger partial charge in [-0.3, -0.25) is 0 Å². The maximum absolute atomic E-state index is 6.09. The molecular formula is C15H19ClN4O. The van der Waals surface area contributed by atoms with Crippen LogP contribution in [0.1, 0.15) is 12.5 Å². The molecule has 2 aromatic rings. The lowest BCUT2D eigenvalue weighted by Gasteiger charge is -2.09. The van der Waals surface area contributed by atoms with Gasteiger partial charge in [0.05, 0.1) is 13.3 Å². The Morgan fingerprint density at radius 3 is 2.90 bits per heavy atom. The summed E-state index contributed by atoms with van der Waals surface area (Å²) in [6.07, 6.45) is 2.45. The van der Waals surface area contributed by atoms with E-state index < -0.39 is 0 Å². The summed E-state index contributed by atoms with van der Waals surface area (Å²) in [7, 11) is 1.67. The van der Waals surface area contributed by atoms with E-state index in [9.17, 15) is 0 Å². The molecule has 0 aliphatic carbocycles. The summed E-state index contributed by atoms with van der Waals surface area (Å²) >= 11 is 6.09. The van der Waals surface area contributed by atoms with E-state index in [0.717, 1.165) is 25.3 Å². The lowest BCUT2D eigenvalue weighted by atomic mass is 10.1. The third-order valence-electron chi connectivity index (χ3n) is 2.92. The fourth-order valence-corrected chi connectivity index (χ4v) is 2.05. The summed E-state index contributed by atoms with van der Waals surface area (Å²) in [5, 5.41) is 6.81. The number of hydrogen-bond donors (Lipinski definition) is 2. The van der Waals surface area contributed by atoms with E-state index in [2.05, 4.69) is 26.7 Å². The number of halogens is 1. The van der Waals surface area contributed by atoms with Gasteiger partial charge in [0, 0.05) is 13.1 Å². The van der Waals surface area contributed by atoms with Gasteiger partial charge in [0.15, 0.2) is 0 Å². The Morgan fingerprint density at radius 1 is 1.29 bits per heavy atom. The second-order valence-corrected chi connectivity index (χ2v) is 4.86. The van der Waals surface area contributed by atoms with Gasteiger partial charge >= 0.3 is 0 Å². The van der Waals surface area contributed by atoms with Gasteiger partial charge in [-0.1, -0.05) is 23.7 Å². The second-order valence-electron chi connectivity index (χ2n) is 4.45. The van der Waals surface area contributed by atoms with Gasteiger partial charge in [-0.2, -0.15) is 4.98 Å². The summed E-state index contributed by atoms with van der Waals surface area (Å²) in [6, 6.07) is 8.00. The van der Waals surface area contributed by atoms with Crippen LogP contribution in [0.2, 0.25) is 5.02 Å². The molecule has 6 heteroatoms. The van der Waals surface area contributed by atoms with Gasteiger partial charge in [0.1, 0.15) is 16.6 Å². The number of nitrogens with one attached hydrogen (secondary N) is 2. The highest BCUT2D eigenvalue weighted by atomic mass is 35.5. The van der Waals surface area contributed by atoms with Crippen molar-refractivity contribution in [3.63, 3.8) is 0 Å².